The minimum Gasteiger partial charge on any atom is -0.449 e. The molecule has 0 aliphatic carbocycles. The summed E-state index contributed by atoms with van der Waals surface area (Å²) >= 11 is 0. The fourth-order valence-electron chi connectivity index (χ4n) is 3.07. The van der Waals surface area contributed by atoms with Gasteiger partial charge < -0.3 is 14.1 Å². The zero-order valence-electron chi connectivity index (χ0n) is 15.4. The number of halogens is 1. The normalized spacial score (nSPS) is 19.2. The van der Waals surface area contributed by atoms with Crippen LogP contribution in [0.5, 0.6) is 0 Å². The summed E-state index contributed by atoms with van der Waals surface area (Å²) in [5, 5.41) is 0. The number of ether oxygens (including phenoxy) is 1. The fourth-order valence-corrected chi connectivity index (χ4v) is 4.84. The van der Waals surface area contributed by atoms with Crippen molar-refractivity contribution in [2.45, 2.75) is 25.5 Å². The molecule has 1 saturated heterocycles. The molecule has 0 spiro atoms. The monoisotopic (exact) mass is 409 g/mol. The van der Waals surface area contributed by atoms with Gasteiger partial charge in [0.1, 0.15) is 11.6 Å². The van der Waals surface area contributed by atoms with Gasteiger partial charge in [0.05, 0.1) is 17.1 Å². The van der Waals surface area contributed by atoms with Crippen LogP contribution < -0.4 is 0 Å². The maximum atomic E-state index is 13.8. The molecule has 0 radical (unpaired) electrons. The van der Waals surface area contributed by atoms with Crippen LogP contribution in [0.1, 0.15) is 23.9 Å². The molecule has 1 aliphatic heterocycles. The summed E-state index contributed by atoms with van der Waals surface area (Å²) in [5.74, 6) is -1.92. The van der Waals surface area contributed by atoms with Gasteiger partial charge in [-0.2, -0.15) is 0 Å². The zero-order valence-corrected chi connectivity index (χ0v) is 16.2. The Bertz CT molecular complexity index is 999. The van der Waals surface area contributed by atoms with E-state index in [4.69, 9.17) is 9.15 Å². The number of esters is 1. The van der Waals surface area contributed by atoms with Crippen LogP contribution in [0, 0.1) is 5.82 Å². The average Bonchev–Trinajstić information content (AvgIpc) is 3.27. The van der Waals surface area contributed by atoms with E-state index in [0.29, 0.717) is 6.42 Å². The van der Waals surface area contributed by atoms with Crippen LogP contribution in [0.15, 0.2) is 40.8 Å². The van der Waals surface area contributed by atoms with Crippen molar-refractivity contribution in [1.82, 2.24) is 4.90 Å². The number of rotatable bonds is 5. The first kappa shape index (κ1) is 20.1. The molecule has 2 atom stereocenters. The molecule has 2 aromatic rings. The van der Waals surface area contributed by atoms with Gasteiger partial charge in [0, 0.05) is 13.1 Å². The molecule has 1 aromatic heterocycles. The molecule has 0 N–H and O–H groups in total. The van der Waals surface area contributed by atoms with E-state index in [9.17, 15) is 22.4 Å². The van der Waals surface area contributed by atoms with Gasteiger partial charge in [0.2, 0.25) is 5.76 Å². The van der Waals surface area contributed by atoms with E-state index in [1.807, 2.05) is 0 Å². The molecule has 0 saturated carbocycles. The summed E-state index contributed by atoms with van der Waals surface area (Å²) in [4.78, 5) is 26.0. The summed E-state index contributed by atoms with van der Waals surface area (Å²) in [7, 11) is -1.65. The van der Waals surface area contributed by atoms with Crippen molar-refractivity contribution in [3.8, 4) is 11.3 Å². The van der Waals surface area contributed by atoms with Crippen molar-refractivity contribution in [2.75, 3.05) is 18.6 Å². The predicted molar refractivity (Wildman–Crippen MR) is 98.8 cm³/mol. The Labute approximate surface area is 162 Å². The quantitative estimate of drug-likeness (QED) is 0.704. The maximum Gasteiger partial charge on any atom is 0.375 e. The van der Waals surface area contributed by atoms with Crippen LogP contribution in [-0.2, 0) is 19.4 Å². The molecule has 0 unspecified atom stereocenters. The summed E-state index contributed by atoms with van der Waals surface area (Å²) < 4.78 is 47.5. The molecule has 2 heterocycles. The Hall–Kier alpha value is -2.68. The molecule has 9 heteroatoms. The second-order valence-electron chi connectivity index (χ2n) is 6.70. The SMILES string of the molecule is C[C@H](OC(=O)c1ccc(-c2ccccc2F)o1)C(=O)N(C)[C@@H]1CCS(=O)(=O)C1. The molecule has 150 valence electrons. The van der Waals surface area contributed by atoms with Crippen molar-refractivity contribution in [2.24, 2.45) is 0 Å². The molecule has 1 amide bonds. The molecule has 1 fully saturated rings. The van der Waals surface area contributed by atoms with E-state index in [-0.39, 0.29) is 28.6 Å². The summed E-state index contributed by atoms with van der Waals surface area (Å²) in [5.41, 5.74) is 0.202. The van der Waals surface area contributed by atoms with Crippen molar-refractivity contribution in [3.05, 3.63) is 48.0 Å². The maximum absolute atomic E-state index is 13.8. The van der Waals surface area contributed by atoms with E-state index in [1.165, 1.54) is 49.2 Å². The second kappa shape index (κ2) is 7.75. The van der Waals surface area contributed by atoms with E-state index >= 15 is 0 Å². The smallest absolute Gasteiger partial charge is 0.375 e. The lowest BCUT2D eigenvalue weighted by molar-refractivity contribution is -0.140. The Morgan fingerprint density at radius 1 is 1.25 bits per heavy atom. The van der Waals surface area contributed by atoms with Crippen molar-refractivity contribution in [1.29, 1.82) is 0 Å². The Balaban J connectivity index is 1.64. The van der Waals surface area contributed by atoms with Gasteiger partial charge in [0.15, 0.2) is 15.9 Å². The first-order valence-corrected chi connectivity index (χ1v) is 10.5. The molecule has 0 bridgehead atoms. The van der Waals surface area contributed by atoms with E-state index in [1.54, 1.807) is 6.07 Å². The summed E-state index contributed by atoms with van der Waals surface area (Å²) in [6.45, 7) is 1.40. The minimum absolute atomic E-state index is 0.0364. The average molecular weight is 409 g/mol. The molecule has 3 rings (SSSR count). The topological polar surface area (TPSA) is 93.9 Å². The predicted octanol–water partition coefficient (Wildman–Crippen LogP) is 2.28. The number of hydrogen-bond donors (Lipinski definition) is 0. The highest BCUT2D eigenvalue weighted by Crippen LogP contribution is 2.25. The van der Waals surface area contributed by atoms with Gasteiger partial charge in [0.25, 0.3) is 5.91 Å². The van der Waals surface area contributed by atoms with Crippen LogP contribution >= 0.6 is 0 Å². The standard InChI is InChI=1S/C19H20FNO6S/c1-12(18(22)21(2)13-9-10-28(24,25)11-13)26-19(23)17-8-7-16(27-17)14-5-3-4-6-15(14)20/h3-8,12-13H,9-11H2,1-2H3/t12-,13+/m0/s1. The van der Waals surface area contributed by atoms with Gasteiger partial charge in [-0.25, -0.2) is 17.6 Å². The van der Waals surface area contributed by atoms with Crippen molar-refractivity contribution < 1.29 is 31.6 Å². The highest BCUT2D eigenvalue weighted by Gasteiger charge is 2.35. The van der Waals surface area contributed by atoms with Crippen LogP contribution in [0.2, 0.25) is 0 Å². The van der Waals surface area contributed by atoms with Gasteiger partial charge in [-0.3, -0.25) is 4.79 Å². The number of likely N-dealkylation sites (N-methyl/N-ethyl adjacent to an activating group) is 1. The van der Waals surface area contributed by atoms with Gasteiger partial charge in [-0.1, -0.05) is 12.1 Å². The van der Waals surface area contributed by atoms with Gasteiger partial charge >= 0.3 is 5.97 Å². The number of sulfone groups is 1. The lowest BCUT2D eigenvalue weighted by Crippen LogP contribution is -2.44. The van der Waals surface area contributed by atoms with E-state index in [0.717, 1.165) is 0 Å². The van der Waals surface area contributed by atoms with Gasteiger partial charge in [-0.15, -0.1) is 0 Å². The fraction of sp³-hybridized carbons (Fsp3) is 0.368. The Morgan fingerprint density at radius 2 is 1.96 bits per heavy atom. The highest BCUT2D eigenvalue weighted by atomic mass is 32.2. The molecule has 1 aliphatic rings. The van der Waals surface area contributed by atoms with Crippen LogP contribution in [0.3, 0.4) is 0 Å². The minimum atomic E-state index is -3.14. The van der Waals surface area contributed by atoms with E-state index < -0.39 is 39.7 Å². The van der Waals surface area contributed by atoms with Gasteiger partial charge in [-0.05, 0) is 37.6 Å². The third kappa shape index (κ3) is 4.24. The third-order valence-electron chi connectivity index (χ3n) is 4.68. The first-order chi connectivity index (χ1) is 13.2. The summed E-state index contributed by atoms with van der Waals surface area (Å²) in [6.07, 6.45) is -0.766. The highest BCUT2D eigenvalue weighted by molar-refractivity contribution is 7.91. The molecule has 1 aromatic carbocycles. The van der Waals surface area contributed by atoms with Crippen molar-refractivity contribution >= 4 is 21.7 Å². The number of carbonyl (C=O) groups excluding carboxylic acids is 2. The molecule has 28 heavy (non-hydrogen) atoms. The number of nitrogens with zero attached hydrogens (tertiary/aromatic N) is 1. The van der Waals surface area contributed by atoms with Crippen molar-refractivity contribution in [3.63, 3.8) is 0 Å². The largest absolute Gasteiger partial charge is 0.449 e. The Kier molecular flexibility index (Phi) is 5.55. The van der Waals surface area contributed by atoms with E-state index in [2.05, 4.69) is 0 Å². The number of amides is 1. The van der Waals surface area contributed by atoms with Crippen LogP contribution in [0.25, 0.3) is 11.3 Å². The molecular weight excluding hydrogens is 389 g/mol. The Morgan fingerprint density at radius 3 is 2.61 bits per heavy atom. The lowest BCUT2D eigenvalue weighted by Gasteiger charge is -2.26. The molecular formula is C19H20FNO6S. The zero-order chi connectivity index (χ0) is 20.5. The number of furan rings is 1. The third-order valence-corrected chi connectivity index (χ3v) is 6.43. The number of carbonyl (C=O) groups is 2. The first-order valence-electron chi connectivity index (χ1n) is 8.71. The number of hydrogen-bond acceptors (Lipinski definition) is 6. The second-order valence-corrected chi connectivity index (χ2v) is 8.93. The summed E-state index contributed by atoms with van der Waals surface area (Å²) in [6, 6.07) is 8.31. The lowest BCUT2D eigenvalue weighted by atomic mass is 10.1. The van der Waals surface area contributed by atoms with Crippen LogP contribution in [-0.4, -0.2) is 55.9 Å². The number of benzene rings is 1. The van der Waals surface area contributed by atoms with Crippen LogP contribution in [0.4, 0.5) is 4.39 Å². The molecule has 7 nitrogen and oxygen atoms in total.